The quantitative estimate of drug-likeness (QED) is 0.756. The molecule has 0 amide bonds. The fourth-order valence-electron chi connectivity index (χ4n) is 2.78. The van der Waals surface area contributed by atoms with Gasteiger partial charge in [0.05, 0.1) is 12.1 Å². The maximum absolute atomic E-state index is 6.73. The number of halogens is 1. The van der Waals surface area contributed by atoms with E-state index in [0.29, 0.717) is 11.2 Å². The largest absolute Gasteiger partial charge is 0.412 e. The van der Waals surface area contributed by atoms with Crippen molar-refractivity contribution in [2.24, 2.45) is 0 Å². The van der Waals surface area contributed by atoms with Crippen LogP contribution in [0.3, 0.4) is 0 Å². The Morgan fingerprint density at radius 3 is 2.42 bits per heavy atom. The van der Waals surface area contributed by atoms with E-state index >= 15 is 0 Å². The van der Waals surface area contributed by atoms with E-state index in [2.05, 4.69) is 68.0 Å². The summed E-state index contributed by atoms with van der Waals surface area (Å²) < 4.78 is 6.73. The third-order valence-corrected chi connectivity index (χ3v) is 10.1. The molecule has 7 heteroatoms. The molecule has 0 bridgehead atoms. The Morgan fingerprint density at radius 2 is 1.92 bits per heavy atom. The van der Waals surface area contributed by atoms with E-state index in [-0.39, 0.29) is 11.1 Å². The normalized spacial score (nSPS) is 23.0. The topological polar surface area (TPSA) is 41.5 Å². The summed E-state index contributed by atoms with van der Waals surface area (Å²) in [5.74, 6) is 0.886. The molecule has 24 heavy (non-hydrogen) atoms. The first-order valence-electron chi connectivity index (χ1n) is 8.60. The van der Waals surface area contributed by atoms with E-state index in [1.54, 1.807) is 6.07 Å². The zero-order valence-corrected chi connectivity index (χ0v) is 17.8. The highest BCUT2D eigenvalue weighted by molar-refractivity contribution is 6.74. The average Bonchev–Trinajstić information content (AvgIpc) is 2.47. The Morgan fingerprint density at radius 1 is 1.25 bits per heavy atom. The summed E-state index contributed by atoms with van der Waals surface area (Å²) in [4.78, 5) is 4.55. The van der Waals surface area contributed by atoms with Crippen LogP contribution in [-0.4, -0.2) is 62.7 Å². The maximum atomic E-state index is 6.73. The van der Waals surface area contributed by atoms with Crippen LogP contribution in [0.5, 0.6) is 0 Å². The molecule has 0 aromatic carbocycles. The van der Waals surface area contributed by atoms with Crippen molar-refractivity contribution in [3.63, 3.8) is 0 Å². The van der Waals surface area contributed by atoms with Crippen LogP contribution in [0.4, 0.5) is 5.82 Å². The van der Waals surface area contributed by atoms with Gasteiger partial charge < -0.3 is 14.2 Å². The lowest BCUT2D eigenvalue weighted by Crippen LogP contribution is -2.58. The Kier molecular flexibility index (Phi) is 5.95. The number of hydrogen-bond acceptors (Lipinski definition) is 5. The monoisotopic (exact) mass is 370 g/mol. The van der Waals surface area contributed by atoms with Gasteiger partial charge in [0.15, 0.2) is 19.3 Å². The van der Waals surface area contributed by atoms with Crippen LogP contribution in [0, 0.1) is 0 Å². The lowest BCUT2D eigenvalue weighted by molar-refractivity contribution is 0.0683. The molecule has 5 nitrogen and oxygen atoms in total. The van der Waals surface area contributed by atoms with Gasteiger partial charge in [-0.3, -0.25) is 0 Å². The van der Waals surface area contributed by atoms with Gasteiger partial charge in [0, 0.05) is 13.1 Å². The molecule has 1 aliphatic heterocycles. The number of likely N-dealkylation sites (N-methyl/N-ethyl adjacent to an activating group) is 1. The van der Waals surface area contributed by atoms with Gasteiger partial charge in [0.25, 0.3) is 0 Å². The van der Waals surface area contributed by atoms with Gasteiger partial charge in [0.1, 0.15) is 0 Å². The van der Waals surface area contributed by atoms with Crippen molar-refractivity contribution >= 4 is 25.7 Å². The number of aromatic nitrogens is 2. The zero-order chi connectivity index (χ0) is 18.1. The second-order valence-corrected chi connectivity index (χ2v) is 13.5. The second-order valence-electron chi connectivity index (χ2n) is 8.40. The minimum Gasteiger partial charge on any atom is -0.412 e. The van der Waals surface area contributed by atoms with Crippen LogP contribution in [-0.2, 0) is 4.43 Å². The molecule has 136 valence electrons. The molecule has 2 rings (SSSR count). The van der Waals surface area contributed by atoms with E-state index in [1.807, 2.05) is 6.07 Å². The fourth-order valence-corrected chi connectivity index (χ4v) is 4.27. The Bertz CT molecular complexity index is 545. The lowest BCUT2D eigenvalue weighted by atomic mass is 10.0. The molecule has 0 spiro atoms. The highest BCUT2D eigenvalue weighted by atomic mass is 35.5. The second kappa shape index (κ2) is 7.28. The minimum atomic E-state index is -1.78. The molecule has 2 unspecified atom stereocenters. The summed E-state index contributed by atoms with van der Waals surface area (Å²) in [6.07, 6.45) is 1.26. The molecule has 2 atom stereocenters. The van der Waals surface area contributed by atoms with Crippen LogP contribution >= 0.6 is 11.6 Å². The van der Waals surface area contributed by atoms with Crippen LogP contribution in [0.15, 0.2) is 12.1 Å². The Labute approximate surface area is 152 Å². The fraction of sp³-hybridized carbons (Fsp3) is 0.765. The van der Waals surface area contributed by atoms with Crippen molar-refractivity contribution in [1.29, 1.82) is 0 Å². The highest BCUT2D eigenvalue weighted by Gasteiger charge is 2.42. The first kappa shape index (κ1) is 19.6. The van der Waals surface area contributed by atoms with Crippen LogP contribution in [0.2, 0.25) is 23.3 Å². The Balaban J connectivity index is 2.12. The SMILES string of the molecule is CN(C)C1CN(c2ccc(Cl)nn2)CCC1O[Si](C)(C)C(C)(C)C. The summed E-state index contributed by atoms with van der Waals surface area (Å²) in [6.45, 7) is 13.4. The summed E-state index contributed by atoms with van der Waals surface area (Å²) in [5.41, 5.74) is 0. The van der Waals surface area contributed by atoms with E-state index < -0.39 is 8.32 Å². The van der Waals surface area contributed by atoms with Crippen molar-refractivity contribution in [3.05, 3.63) is 17.3 Å². The van der Waals surface area contributed by atoms with E-state index in [4.69, 9.17) is 16.0 Å². The van der Waals surface area contributed by atoms with Gasteiger partial charge in [-0.15, -0.1) is 10.2 Å². The van der Waals surface area contributed by atoms with E-state index in [0.717, 1.165) is 25.3 Å². The molecule has 1 fully saturated rings. The third kappa shape index (κ3) is 4.48. The third-order valence-electron chi connectivity index (χ3n) is 5.38. The lowest BCUT2D eigenvalue weighted by Gasteiger charge is -2.47. The molecule has 1 saturated heterocycles. The highest BCUT2D eigenvalue weighted by Crippen LogP contribution is 2.39. The molecule has 1 aromatic heterocycles. The predicted octanol–water partition coefficient (Wildman–Crippen LogP) is 3.66. The molecule has 0 radical (unpaired) electrons. The van der Waals surface area contributed by atoms with E-state index in [1.165, 1.54) is 0 Å². The summed E-state index contributed by atoms with van der Waals surface area (Å²) >= 11 is 5.85. The van der Waals surface area contributed by atoms with Crippen molar-refractivity contribution in [2.45, 2.75) is 57.5 Å². The zero-order valence-electron chi connectivity index (χ0n) is 16.0. The van der Waals surface area contributed by atoms with E-state index in [9.17, 15) is 0 Å². The standard InChI is InChI=1S/C17H31ClN4OSi/c1-17(2,3)24(6,7)23-14-10-11-22(12-13(14)21(4)5)16-9-8-15(18)19-20-16/h8-9,13-14H,10-12H2,1-7H3. The molecular weight excluding hydrogens is 340 g/mol. The van der Waals surface area contributed by atoms with Crippen molar-refractivity contribution in [1.82, 2.24) is 15.1 Å². The summed E-state index contributed by atoms with van der Waals surface area (Å²) in [6, 6.07) is 4.08. The number of piperidine rings is 1. The predicted molar refractivity (Wildman–Crippen MR) is 103 cm³/mol. The minimum absolute atomic E-state index is 0.225. The molecular formula is C17H31ClN4OSi. The number of anilines is 1. The van der Waals surface area contributed by atoms with Gasteiger partial charge >= 0.3 is 0 Å². The first-order valence-corrected chi connectivity index (χ1v) is 11.9. The molecule has 0 N–H and O–H groups in total. The van der Waals surface area contributed by atoms with Crippen LogP contribution < -0.4 is 4.90 Å². The van der Waals surface area contributed by atoms with Gasteiger partial charge in [-0.2, -0.15) is 0 Å². The number of rotatable bonds is 4. The maximum Gasteiger partial charge on any atom is 0.192 e. The van der Waals surface area contributed by atoms with Gasteiger partial charge in [-0.05, 0) is 50.8 Å². The number of nitrogens with zero attached hydrogens (tertiary/aromatic N) is 4. The summed E-state index contributed by atoms with van der Waals surface area (Å²) in [5, 5.41) is 8.85. The van der Waals surface area contributed by atoms with Crippen LogP contribution in [0.1, 0.15) is 27.2 Å². The van der Waals surface area contributed by atoms with Gasteiger partial charge in [-0.1, -0.05) is 32.4 Å². The number of hydrogen-bond donors (Lipinski definition) is 0. The molecule has 2 heterocycles. The summed E-state index contributed by atoms with van der Waals surface area (Å²) in [7, 11) is 2.48. The molecule has 1 aliphatic rings. The average molecular weight is 371 g/mol. The molecule has 0 saturated carbocycles. The Hall–Kier alpha value is -0.693. The molecule has 1 aromatic rings. The van der Waals surface area contributed by atoms with Crippen molar-refractivity contribution in [3.8, 4) is 0 Å². The first-order chi connectivity index (χ1) is 11.0. The van der Waals surface area contributed by atoms with Gasteiger partial charge in [0.2, 0.25) is 0 Å². The van der Waals surface area contributed by atoms with Gasteiger partial charge in [-0.25, -0.2) is 0 Å². The van der Waals surface area contributed by atoms with Crippen molar-refractivity contribution < 1.29 is 4.43 Å². The molecule has 0 aliphatic carbocycles. The van der Waals surface area contributed by atoms with Crippen LogP contribution in [0.25, 0.3) is 0 Å². The van der Waals surface area contributed by atoms with Crippen molar-refractivity contribution in [2.75, 3.05) is 32.1 Å². The smallest absolute Gasteiger partial charge is 0.192 e.